The lowest BCUT2D eigenvalue weighted by Gasteiger charge is -2.37. The molecule has 0 bridgehead atoms. The molecule has 0 radical (unpaired) electrons. The Morgan fingerprint density at radius 1 is 0.621 bits per heavy atom. The van der Waals surface area contributed by atoms with Crippen molar-refractivity contribution in [2.75, 3.05) is 0 Å². The first-order chi connectivity index (χ1) is 14.1. The lowest BCUT2D eigenvalue weighted by Crippen LogP contribution is -2.24. The molecule has 0 heterocycles. The van der Waals surface area contributed by atoms with Crippen LogP contribution in [0.5, 0.6) is 0 Å². The maximum absolute atomic E-state index is 3.35. The minimum Gasteiger partial charge on any atom is -0.0625 e. The van der Waals surface area contributed by atoms with E-state index >= 15 is 0 Å². The zero-order valence-electron chi connectivity index (χ0n) is 18.5. The van der Waals surface area contributed by atoms with Crippen molar-refractivity contribution in [2.24, 2.45) is 17.8 Å². The van der Waals surface area contributed by atoms with E-state index in [1.807, 2.05) is 0 Å². The van der Waals surface area contributed by atoms with Crippen molar-refractivity contribution in [2.45, 2.75) is 78.1 Å². The van der Waals surface area contributed by atoms with E-state index in [0.717, 1.165) is 34.8 Å². The van der Waals surface area contributed by atoms with E-state index < -0.39 is 0 Å². The number of benzene rings is 2. The summed E-state index contributed by atoms with van der Waals surface area (Å²) >= 11 is 0. The van der Waals surface area contributed by atoms with Crippen LogP contribution in [0.25, 0.3) is 0 Å². The van der Waals surface area contributed by atoms with Crippen molar-refractivity contribution in [3.63, 3.8) is 0 Å². The van der Waals surface area contributed by atoms with E-state index in [1.165, 1.54) is 68.1 Å². The fraction of sp³-hybridized carbons (Fsp3) is 0.517. The maximum atomic E-state index is 3.35. The van der Waals surface area contributed by atoms with Crippen molar-refractivity contribution in [3.8, 4) is 11.8 Å². The summed E-state index contributed by atoms with van der Waals surface area (Å²) < 4.78 is 0. The minimum absolute atomic E-state index is 0.759. The van der Waals surface area contributed by atoms with Gasteiger partial charge in [-0.2, -0.15) is 0 Å². The molecule has 29 heavy (non-hydrogen) atoms. The van der Waals surface area contributed by atoms with E-state index in [-0.39, 0.29) is 0 Å². The Labute approximate surface area is 178 Å². The highest BCUT2D eigenvalue weighted by molar-refractivity contribution is 5.46. The van der Waals surface area contributed by atoms with Crippen molar-refractivity contribution in [1.29, 1.82) is 0 Å². The molecule has 0 N–H and O–H groups in total. The normalized spacial score (nSPS) is 27.1. The van der Waals surface area contributed by atoms with Crippen LogP contribution < -0.4 is 0 Å². The van der Waals surface area contributed by atoms with Crippen molar-refractivity contribution in [1.82, 2.24) is 0 Å². The number of hydrogen-bond acceptors (Lipinski definition) is 0. The lowest BCUT2D eigenvalue weighted by molar-refractivity contribution is 0.165. The summed E-state index contributed by atoms with van der Waals surface area (Å²) in [6, 6.07) is 15.6. The molecular weight excluding hydrogens is 348 g/mol. The molecule has 0 atom stereocenters. The number of aryl methyl sites for hydroxylation is 2. The highest BCUT2D eigenvalue weighted by Gasteiger charge is 2.30. The Bertz CT molecular complexity index is 840. The average molecular weight is 385 g/mol. The molecular formula is C29H36. The molecule has 0 aromatic heterocycles. The standard InChI is InChI=1S/C29H36/c1-21-4-10-26(11-5-21)28-14-16-29(17-15-28)27-12-8-24(9-13-27)6-7-25-19-22(2)18-23(3)20-25/h8-9,12-13,18-21,26,28-29H,4-5,10-11,14-17H2,1-3H3. The van der Waals surface area contributed by atoms with Crippen LogP contribution in [0.15, 0.2) is 42.5 Å². The van der Waals surface area contributed by atoms with E-state index in [2.05, 4.69) is 75.1 Å². The van der Waals surface area contributed by atoms with Crippen LogP contribution in [-0.2, 0) is 0 Å². The first-order valence-corrected chi connectivity index (χ1v) is 11.8. The van der Waals surface area contributed by atoms with Gasteiger partial charge in [-0.15, -0.1) is 0 Å². The van der Waals surface area contributed by atoms with Crippen LogP contribution in [0.3, 0.4) is 0 Å². The van der Waals surface area contributed by atoms with Crippen LogP contribution in [0.2, 0.25) is 0 Å². The second kappa shape index (κ2) is 9.21. The molecule has 2 aliphatic carbocycles. The van der Waals surface area contributed by atoms with Gasteiger partial charge in [-0.25, -0.2) is 0 Å². The molecule has 2 aromatic carbocycles. The molecule has 152 valence electrons. The van der Waals surface area contributed by atoms with Gasteiger partial charge >= 0.3 is 0 Å². The van der Waals surface area contributed by atoms with Gasteiger partial charge < -0.3 is 0 Å². The Hall–Kier alpha value is -2.00. The zero-order chi connectivity index (χ0) is 20.2. The third-order valence-corrected chi connectivity index (χ3v) is 7.45. The lowest BCUT2D eigenvalue weighted by atomic mass is 9.68. The van der Waals surface area contributed by atoms with E-state index in [1.54, 1.807) is 0 Å². The molecule has 0 unspecified atom stereocenters. The van der Waals surface area contributed by atoms with Crippen LogP contribution in [0.1, 0.15) is 92.0 Å². The van der Waals surface area contributed by atoms with Crippen LogP contribution in [-0.4, -0.2) is 0 Å². The average Bonchev–Trinajstić information content (AvgIpc) is 2.73. The molecule has 4 rings (SSSR count). The van der Waals surface area contributed by atoms with Crippen LogP contribution >= 0.6 is 0 Å². The Morgan fingerprint density at radius 3 is 1.72 bits per heavy atom. The molecule has 0 spiro atoms. The summed E-state index contributed by atoms with van der Waals surface area (Å²) in [4.78, 5) is 0. The van der Waals surface area contributed by atoms with E-state index in [0.29, 0.717) is 0 Å². The fourth-order valence-corrected chi connectivity index (χ4v) is 5.71. The van der Waals surface area contributed by atoms with E-state index in [4.69, 9.17) is 0 Å². The highest BCUT2D eigenvalue weighted by Crippen LogP contribution is 2.43. The molecule has 0 heteroatoms. The molecule has 2 fully saturated rings. The monoisotopic (exact) mass is 384 g/mol. The Kier molecular flexibility index (Phi) is 6.44. The van der Waals surface area contributed by atoms with Gasteiger partial charge in [-0.05, 0) is 117 Å². The van der Waals surface area contributed by atoms with Crippen LogP contribution in [0, 0.1) is 43.4 Å². The van der Waals surface area contributed by atoms with E-state index in [9.17, 15) is 0 Å². The molecule has 0 saturated heterocycles. The Balaban J connectivity index is 1.34. The summed E-state index contributed by atoms with van der Waals surface area (Å²) in [5.41, 5.74) is 6.32. The molecule has 2 aromatic rings. The Morgan fingerprint density at radius 2 is 1.14 bits per heavy atom. The second-order valence-corrected chi connectivity index (χ2v) is 9.88. The first-order valence-electron chi connectivity index (χ1n) is 11.8. The molecule has 0 aliphatic heterocycles. The van der Waals surface area contributed by atoms with Gasteiger partial charge in [0.1, 0.15) is 0 Å². The van der Waals surface area contributed by atoms with Crippen molar-refractivity contribution >= 4 is 0 Å². The summed E-state index contributed by atoms with van der Waals surface area (Å²) in [5.74, 6) is 10.4. The van der Waals surface area contributed by atoms with Crippen LogP contribution in [0.4, 0.5) is 0 Å². The molecule has 2 aliphatic rings. The van der Waals surface area contributed by atoms with Gasteiger partial charge in [0.25, 0.3) is 0 Å². The molecule has 2 saturated carbocycles. The largest absolute Gasteiger partial charge is 0.0625 e. The van der Waals surface area contributed by atoms with Gasteiger partial charge in [-0.3, -0.25) is 0 Å². The van der Waals surface area contributed by atoms with Gasteiger partial charge in [0.15, 0.2) is 0 Å². The summed E-state index contributed by atoms with van der Waals surface area (Å²) in [5, 5.41) is 0. The zero-order valence-corrected chi connectivity index (χ0v) is 18.5. The SMILES string of the molecule is Cc1cc(C)cc(C#Cc2ccc(C3CCC(C4CCC(C)CC4)CC3)cc2)c1. The number of rotatable bonds is 2. The molecule has 0 nitrogen and oxygen atoms in total. The number of hydrogen-bond donors (Lipinski definition) is 0. The van der Waals surface area contributed by atoms with Gasteiger partial charge in [0.05, 0.1) is 0 Å². The minimum atomic E-state index is 0.759. The topological polar surface area (TPSA) is 0 Å². The molecule has 0 amide bonds. The maximum Gasteiger partial charge on any atom is 0.0254 e. The summed E-state index contributed by atoms with van der Waals surface area (Å²) in [6.45, 7) is 6.70. The first kappa shape index (κ1) is 20.3. The predicted molar refractivity (Wildman–Crippen MR) is 124 cm³/mol. The summed E-state index contributed by atoms with van der Waals surface area (Å²) in [7, 11) is 0. The quantitative estimate of drug-likeness (QED) is 0.463. The second-order valence-electron chi connectivity index (χ2n) is 9.88. The van der Waals surface area contributed by atoms with Gasteiger partial charge in [0, 0.05) is 11.1 Å². The predicted octanol–water partition coefficient (Wildman–Crippen LogP) is 7.80. The third-order valence-electron chi connectivity index (χ3n) is 7.45. The summed E-state index contributed by atoms with van der Waals surface area (Å²) in [6.07, 6.45) is 11.6. The fourth-order valence-electron chi connectivity index (χ4n) is 5.71. The van der Waals surface area contributed by atoms with Gasteiger partial charge in [0.2, 0.25) is 0 Å². The smallest absolute Gasteiger partial charge is 0.0254 e. The van der Waals surface area contributed by atoms with Crippen molar-refractivity contribution < 1.29 is 0 Å². The highest BCUT2D eigenvalue weighted by atomic mass is 14.4. The third kappa shape index (κ3) is 5.33. The van der Waals surface area contributed by atoms with Gasteiger partial charge in [-0.1, -0.05) is 49.8 Å². The van der Waals surface area contributed by atoms with Crippen molar-refractivity contribution in [3.05, 3.63) is 70.3 Å².